The Bertz CT molecular complexity index is 479. The van der Waals surface area contributed by atoms with Crippen molar-refractivity contribution in [2.75, 3.05) is 17.3 Å². The third-order valence-electron chi connectivity index (χ3n) is 3.62. The summed E-state index contributed by atoms with van der Waals surface area (Å²) in [5.41, 5.74) is 1.19. The Hall–Kier alpha value is -0.810. The lowest BCUT2D eigenvalue weighted by molar-refractivity contribution is 0.0694. The van der Waals surface area contributed by atoms with Gasteiger partial charge in [0.2, 0.25) is 0 Å². The summed E-state index contributed by atoms with van der Waals surface area (Å²) in [4.78, 5) is 12.4. The van der Waals surface area contributed by atoms with Crippen LogP contribution in [0.4, 0.5) is 5.69 Å². The van der Waals surface area contributed by atoms with Crippen molar-refractivity contribution in [1.82, 2.24) is 0 Å². The quantitative estimate of drug-likeness (QED) is 0.771. The zero-order valence-electron chi connectivity index (χ0n) is 11.9. The summed E-state index contributed by atoms with van der Waals surface area (Å²) in [6.07, 6.45) is 5.60. The van der Waals surface area contributed by atoms with Crippen molar-refractivity contribution in [3.8, 4) is 0 Å². The molecule has 0 aliphatic heterocycles. The van der Waals surface area contributed by atoms with Gasteiger partial charge >= 0.3 is 5.97 Å². The van der Waals surface area contributed by atoms with Gasteiger partial charge in [0.1, 0.15) is 0 Å². The van der Waals surface area contributed by atoms with Gasteiger partial charge in [0, 0.05) is 16.2 Å². The van der Waals surface area contributed by atoms with Crippen molar-refractivity contribution in [2.24, 2.45) is 0 Å². The van der Waals surface area contributed by atoms with Gasteiger partial charge in [0.25, 0.3) is 0 Å². The fourth-order valence-corrected chi connectivity index (χ4v) is 4.28. The first-order chi connectivity index (χ1) is 9.65. The number of rotatable bonds is 6. The smallest absolute Gasteiger partial charge is 0.338 e. The van der Waals surface area contributed by atoms with Gasteiger partial charge in [-0.1, -0.05) is 13.0 Å². The molecule has 0 aromatic heterocycles. The van der Waals surface area contributed by atoms with Crippen molar-refractivity contribution in [2.45, 2.75) is 42.4 Å². The molecule has 5 heteroatoms. The summed E-state index contributed by atoms with van der Waals surface area (Å²) in [6.45, 7) is 2.04. The first kappa shape index (κ1) is 15.6. The Morgan fingerprint density at radius 3 is 2.85 bits per heavy atom. The van der Waals surface area contributed by atoms with E-state index in [1.165, 1.54) is 6.42 Å². The second-order valence-electron chi connectivity index (χ2n) is 4.93. The van der Waals surface area contributed by atoms with E-state index in [9.17, 15) is 9.90 Å². The van der Waals surface area contributed by atoms with Crippen LogP contribution in [0.5, 0.6) is 0 Å². The summed E-state index contributed by atoms with van der Waals surface area (Å²) in [6, 6.07) is 6.11. The molecule has 20 heavy (non-hydrogen) atoms. The van der Waals surface area contributed by atoms with Gasteiger partial charge in [0.05, 0.1) is 11.3 Å². The lowest BCUT2D eigenvalue weighted by atomic mass is 10.1. The maximum Gasteiger partial charge on any atom is 0.338 e. The minimum atomic E-state index is -0.844. The summed E-state index contributed by atoms with van der Waals surface area (Å²) in [5.74, 6) is 0.0327. The van der Waals surface area contributed by atoms with E-state index in [1.807, 2.05) is 36.9 Å². The lowest BCUT2D eigenvalue weighted by Crippen LogP contribution is -2.18. The Balaban J connectivity index is 2.18. The van der Waals surface area contributed by atoms with Crippen LogP contribution in [-0.4, -0.2) is 34.4 Å². The predicted octanol–water partition coefficient (Wildman–Crippen LogP) is 4.19. The Labute approximate surface area is 128 Å². The molecule has 2 N–H and O–H groups in total. The van der Waals surface area contributed by atoms with E-state index in [-0.39, 0.29) is 0 Å². The summed E-state index contributed by atoms with van der Waals surface area (Å²) >= 11 is 3.49. The lowest BCUT2D eigenvalue weighted by Gasteiger charge is -2.18. The summed E-state index contributed by atoms with van der Waals surface area (Å²) < 4.78 is 0. The van der Waals surface area contributed by atoms with Crippen molar-refractivity contribution < 1.29 is 9.90 Å². The molecule has 1 aliphatic rings. The molecule has 0 bridgehead atoms. The molecule has 110 valence electrons. The molecule has 0 spiro atoms. The minimum Gasteiger partial charge on any atom is -0.478 e. The number of carboxylic acid groups (broad SMARTS) is 1. The summed E-state index contributed by atoms with van der Waals surface area (Å²) in [7, 11) is 0. The number of hydrogen-bond acceptors (Lipinski definition) is 4. The molecular formula is C15H21NO2S2. The fraction of sp³-hybridized carbons (Fsp3) is 0.533. The summed E-state index contributed by atoms with van der Waals surface area (Å²) in [5, 5.41) is 13.6. The Kier molecular flexibility index (Phi) is 5.66. The van der Waals surface area contributed by atoms with Crippen LogP contribution in [-0.2, 0) is 0 Å². The van der Waals surface area contributed by atoms with Crippen LogP contribution < -0.4 is 5.32 Å². The molecule has 0 radical (unpaired) electrons. The number of thioether (sulfide) groups is 2. The highest BCUT2D eigenvalue weighted by Crippen LogP contribution is 2.33. The molecular weight excluding hydrogens is 290 g/mol. The van der Waals surface area contributed by atoms with Gasteiger partial charge in [-0.2, -0.15) is 11.8 Å². The number of nitrogens with one attached hydrogen (secondary N) is 1. The molecule has 1 aromatic rings. The SMILES string of the molecule is CCSc1cccc(NC2CCC(SC)C2)c1C(=O)O. The van der Waals surface area contributed by atoms with Gasteiger partial charge in [0.15, 0.2) is 0 Å². The van der Waals surface area contributed by atoms with Gasteiger partial charge in [-0.3, -0.25) is 0 Å². The number of anilines is 1. The first-order valence-electron chi connectivity index (χ1n) is 6.94. The average Bonchev–Trinajstić information content (AvgIpc) is 2.86. The number of aromatic carboxylic acids is 1. The van der Waals surface area contributed by atoms with Gasteiger partial charge in [-0.15, -0.1) is 11.8 Å². The van der Waals surface area contributed by atoms with Crippen LogP contribution in [0.3, 0.4) is 0 Å². The molecule has 1 fully saturated rings. The van der Waals surface area contributed by atoms with E-state index in [0.717, 1.165) is 29.2 Å². The third-order valence-corrected chi connectivity index (χ3v) is 5.65. The molecule has 3 nitrogen and oxygen atoms in total. The monoisotopic (exact) mass is 311 g/mol. The molecule has 0 heterocycles. The van der Waals surface area contributed by atoms with Gasteiger partial charge < -0.3 is 10.4 Å². The van der Waals surface area contributed by atoms with E-state index in [2.05, 4.69) is 11.6 Å². The molecule has 2 unspecified atom stereocenters. The van der Waals surface area contributed by atoms with Crippen molar-refractivity contribution in [1.29, 1.82) is 0 Å². The number of benzene rings is 1. The van der Waals surface area contributed by atoms with E-state index < -0.39 is 5.97 Å². The van der Waals surface area contributed by atoms with Crippen LogP contribution in [0, 0.1) is 0 Å². The second kappa shape index (κ2) is 7.27. The number of carboxylic acids is 1. The van der Waals surface area contributed by atoms with E-state index in [0.29, 0.717) is 16.9 Å². The largest absolute Gasteiger partial charge is 0.478 e. The number of carbonyl (C=O) groups is 1. The van der Waals surface area contributed by atoms with Gasteiger partial charge in [-0.05, 0) is 43.4 Å². The van der Waals surface area contributed by atoms with Crippen LogP contribution >= 0.6 is 23.5 Å². The zero-order valence-corrected chi connectivity index (χ0v) is 13.5. The van der Waals surface area contributed by atoms with Crippen LogP contribution in [0.15, 0.2) is 23.1 Å². The maximum atomic E-state index is 11.6. The molecule has 0 saturated heterocycles. The van der Waals surface area contributed by atoms with Gasteiger partial charge in [-0.25, -0.2) is 4.79 Å². The highest BCUT2D eigenvalue weighted by Gasteiger charge is 2.25. The second-order valence-corrected chi connectivity index (χ2v) is 7.37. The van der Waals surface area contributed by atoms with Crippen molar-refractivity contribution in [3.05, 3.63) is 23.8 Å². The normalized spacial score (nSPS) is 21.9. The van der Waals surface area contributed by atoms with E-state index in [4.69, 9.17) is 0 Å². The highest BCUT2D eigenvalue weighted by atomic mass is 32.2. The topological polar surface area (TPSA) is 49.3 Å². The predicted molar refractivity (Wildman–Crippen MR) is 88.4 cm³/mol. The molecule has 0 amide bonds. The molecule has 1 saturated carbocycles. The number of hydrogen-bond donors (Lipinski definition) is 2. The van der Waals surface area contributed by atoms with Crippen molar-refractivity contribution in [3.63, 3.8) is 0 Å². The zero-order chi connectivity index (χ0) is 14.5. The fourth-order valence-electron chi connectivity index (χ4n) is 2.65. The minimum absolute atomic E-state index is 0.396. The maximum absolute atomic E-state index is 11.6. The average molecular weight is 311 g/mol. The Morgan fingerprint density at radius 1 is 1.45 bits per heavy atom. The third kappa shape index (κ3) is 3.64. The van der Waals surface area contributed by atoms with E-state index in [1.54, 1.807) is 11.8 Å². The van der Waals surface area contributed by atoms with Crippen LogP contribution in [0.1, 0.15) is 36.5 Å². The standard InChI is InChI=1S/C15H21NO2S2/c1-3-20-13-6-4-5-12(14(13)15(17)18)16-10-7-8-11(9-10)19-2/h4-6,10-11,16H,3,7-9H2,1-2H3,(H,17,18). The molecule has 1 aromatic carbocycles. The van der Waals surface area contributed by atoms with E-state index >= 15 is 0 Å². The van der Waals surface area contributed by atoms with Crippen molar-refractivity contribution >= 4 is 35.2 Å². The first-order valence-corrected chi connectivity index (χ1v) is 9.21. The molecule has 2 atom stereocenters. The Morgan fingerprint density at radius 2 is 2.25 bits per heavy atom. The van der Waals surface area contributed by atoms with Crippen LogP contribution in [0.2, 0.25) is 0 Å². The molecule has 1 aliphatic carbocycles. The molecule has 2 rings (SSSR count). The van der Waals surface area contributed by atoms with Crippen LogP contribution in [0.25, 0.3) is 0 Å². The highest BCUT2D eigenvalue weighted by molar-refractivity contribution is 7.99.